The second-order valence-electron chi connectivity index (χ2n) is 3.22. The summed E-state index contributed by atoms with van der Waals surface area (Å²) in [6, 6.07) is 3.43. The van der Waals surface area contributed by atoms with Crippen LogP contribution in [0, 0.1) is 0 Å². The van der Waals surface area contributed by atoms with Crippen molar-refractivity contribution in [2.75, 3.05) is 12.5 Å². The van der Waals surface area contributed by atoms with Crippen molar-refractivity contribution in [1.29, 1.82) is 0 Å². The molecule has 0 bridgehead atoms. The van der Waals surface area contributed by atoms with Crippen molar-refractivity contribution >= 4 is 5.82 Å². The van der Waals surface area contributed by atoms with E-state index in [-0.39, 0.29) is 0 Å². The summed E-state index contributed by atoms with van der Waals surface area (Å²) >= 11 is 0. The van der Waals surface area contributed by atoms with E-state index in [2.05, 4.69) is 25.4 Å². The molecular weight excluding hydrogens is 220 g/mol. The summed E-state index contributed by atoms with van der Waals surface area (Å²) in [4.78, 5) is 16.6. The van der Waals surface area contributed by atoms with Crippen molar-refractivity contribution in [3.05, 3.63) is 30.2 Å². The van der Waals surface area contributed by atoms with Crippen LogP contribution in [0.25, 0.3) is 11.6 Å². The number of nitrogens with zero attached hydrogens (tertiary/aromatic N) is 4. The van der Waals surface area contributed by atoms with Gasteiger partial charge in [-0.1, -0.05) is 0 Å². The zero-order chi connectivity index (χ0) is 12.1. The number of ether oxygens (including phenoxy) is 1. The van der Waals surface area contributed by atoms with Crippen molar-refractivity contribution < 1.29 is 4.74 Å². The lowest BCUT2D eigenvalue weighted by Crippen LogP contribution is -2.11. The fourth-order valence-electron chi connectivity index (χ4n) is 1.31. The molecule has 0 saturated carbocycles. The minimum absolute atomic E-state index is 0.372. The maximum atomic E-state index is 5.34. The van der Waals surface area contributed by atoms with Gasteiger partial charge in [-0.3, -0.25) is 0 Å². The van der Waals surface area contributed by atoms with Crippen molar-refractivity contribution in [3.63, 3.8) is 0 Å². The third-order valence-electron chi connectivity index (χ3n) is 1.99. The largest absolute Gasteiger partial charge is 0.378 e. The van der Waals surface area contributed by atoms with Crippen LogP contribution in [0.2, 0.25) is 0 Å². The molecular formula is C10H12N6O. The third kappa shape index (κ3) is 2.71. The Balaban J connectivity index is 2.43. The Morgan fingerprint density at radius 1 is 1.24 bits per heavy atom. The Morgan fingerprint density at radius 3 is 2.65 bits per heavy atom. The molecule has 3 N–H and O–H groups in total. The van der Waals surface area contributed by atoms with Crippen LogP contribution in [-0.2, 0) is 11.3 Å². The molecule has 0 atom stereocenters. The van der Waals surface area contributed by atoms with E-state index in [0.717, 1.165) is 0 Å². The number of nitrogens with two attached hydrogens (primary N) is 1. The first kappa shape index (κ1) is 11.4. The summed E-state index contributed by atoms with van der Waals surface area (Å²) in [5, 5.41) is 0. The number of hydrogen-bond donors (Lipinski definition) is 2. The number of nitrogen functional groups attached to an aromatic ring is 1. The highest BCUT2D eigenvalue weighted by Gasteiger charge is 2.08. The van der Waals surface area contributed by atoms with Crippen LogP contribution >= 0.6 is 0 Å². The second-order valence-corrected chi connectivity index (χ2v) is 3.22. The lowest BCUT2D eigenvalue weighted by atomic mass is 10.4. The number of rotatable bonds is 4. The van der Waals surface area contributed by atoms with Gasteiger partial charge in [0.25, 0.3) is 0 Å². The summed E-state index contributed by atoms with van der Waals surface area (Å²) in [7, 11) is 1.59. The first-order valence-electron chi connectivity index (χ1n) is 4.94. The van der Waals surface area contributed by atoms with E-state index in [0.29, 0.717) is 29.8 Å². The zero-order valence-corrected chi connectivity index (χ0v) is 9.29. The maximum absolute atomic E-state index is 5.34. The molecule has 0 aliphatic carbocycles. The van der Waals surface area contributed by atoms with Gasteiger partial charge in [-0.2, -0.15) is 0 Å². The topological polar surface area (TPSA) is 98.8 Å². The van der Waals surface area contributed by atoms with Crippen LogP contribution in [0.5, 0.6) is 0 Å². The van der Waals surface area contributed by atoms with Crippen molar-refractivity contribution in [3.8, 4) is 11.6 Å². The summed E-state index contributed by atoms with van der Waals surface area (Å²) in [6.07, 6.45) is 3.26. The molecule has 0 fully saturated rings. The molecule has 2 aromatic heterocycles. The third-order valence-corrected chi connectivity index (χ3v) is 1.99. The SMILES string of the molecule is COCc1cc(NN)nc(-c2ncccn2)n1. The van der Waals surface area contributed by atoms with Gasteiger partial charge in [0.1, 0.15) is 5.82 Å². The van der Waals surface area contributed by atoms with Crippen molar-refractivity contribution in [2.24, 2.45) is 5.84 Å². The first-order chi connectivity index (χ1) is 8.33. The lowest BCUT2D eigenvalue weighted by Gasteiger charge is -2.05. The molecule has 17 heavy (non-hydrogen) atoms. The van der Waals surface area contributed by atoms with E-state index < -0.39 is 0 Å². The van der Waals surface area contributed by atoms with E-state index in [1.54, 1.807) is 31.6 Å². The van der Waals surface area contributed by atoms with Gasteiger partial charge in [0.05, 0.1) is 12.3 Å². The van der Waals surface area contributed by atoms with Gasteiger partial charge in [-0.15, -0.1) is 0 Å². The molecule has 0 radical (unpaired) electrons. The Kier molecular flexibility index (Phi) is 3.53. The Hall–Kier alpha value is -2.12. The molecule has 2 aromatic rings. The monoisotopic (exact) mass is 232 g/mol. The molecule has 2 heterocycles. The van der Waals surface area contributed by atoms with Crippen LogP contribution in [-0.4, -0.2) is 27.0 Å². The number of anilines is 1. The summed E-state index contributed by atoms with van der Waals surface area (Å²) in [6.45, 7) is 0.372. The lowest BCUT2D eigenvalue weighted by molar-refractivity contribution is 0.181. The fourth-order valence-corrected chi connectivity index (χ4v) is 1.31. The first-order valence-corrected chi connectivity index (χ1v) is 4.94. The molecule has 0 unspecified atom stereocenters. The number of hydrogen-bond acceptors (Lipinski definition) is 7. The Labute approximate surface area is 98.1 Å². The number of aromatic nitrogens is 4. The highest BCUT2D eigenvalue weighted by atomic mass is 16.5. The highest BCUT2D eigenvalue weighted by Crippen LogP contribution is 2.13. The molecule has 0 spiro atoms. The predicted molar refractivity (Wildman–Crippen MR) is 61.6 cm³/mol. The average Bonchev–Trinajstić information content (AvgIpc) is 2.40. The minimum Gasteiger partial charge on any atom is -0.378 e. The van der Waals surface area contributed by atoms with Gasteiger partial charge < -0.3 is 10.2 Å². The van der Waals surface area contributed by atoms with Gasteiger partial charge in [0.2, 0.25) is 0 Å². The van der Waals surface area contributed by atoms with Gasteiger partial charge >= 0.3 is 0 Å². The van der Waals surface area contributed by atoms with Crippen molar-refractivity contribution in [2.45, 2.75) is 6.61 Å². The van der Waals surface area contributed by atoms with Gasteiger partial charge in [-0.25, -0.2) is 25.8 Å². The minimum atomic E-state index is 0.372. The van der Waals surface area contributed by atoms with Crippen LogP contribution in [0.3, 0.4) is 0 Å². The predicted octanol–water partition coefficient (Wildman–Crippen LogP) is 0.366. The van der Waals surface area contributed by atoms with Gasteiger partial charge in [0, 0.05) is 25.6 Å². The summed E-state index contributed by atoms with van der Waals surface area (Å²) in [5.41, 5.74) is 3.18. The smallest absolute Gasteiger partial charge is 0.200 e. The summed E-state index contributed by atoms with van der Waals surface area (Å²) < 4.78 is 5.02. The molecule has 0 saturated heterocycles. The van der Waals surface area contributed by atoms with E-state index in [9.17, 15) is 0 Å². The molecule has 0 aliphatic rings. The van der Waals surface area contributed by atoms with E-state index in [1.165, 1.54) is 0 Å². The van der Waals surface area contributed by atoms with Gasteiger partial charge in [-0.05, 0) is 6.07 Å². The van der Waals surface area contributed by atoms with E-state index in [1.807, 2.05) is 0 Å². The Morgan fingerprint density at radius 2 is 2.00 bits per heavy atom. The number of methoxy groups -OCH3 is 1. The molecule has 0 aliphatic heterocycles. The van der Waals surface area contributed by atoms with Crippen LogP contribution in [0.1, 0.15) is 5.69 Å². The maximum Gasteiger partial charge on any atom is 0.200 e. The summed E-state index contributed by atoms with van der Waals surface area (Å²) in [5.74, 6) is 6.69. The molecule has 2 rings (SSSR count). The van der Waals surface area contributed by atoms with Crippen LogP contribution < -0.4 is 11.3 Å². The highest BCUT2D eigenvalue weighted by molar-refractivity contribution is 5.48. The standard InChI is InChI=1S/C10H12N6O/c1-17-6-7-5-8(16-11)15-10(14-7)9-12-3-2-4-13-9/h2-5H,6,11H2,1H3,(H,14,15,16). The fraction of sp³-hybridized carbons (Fsp3) is 0.200. The number of nitrogens with one attached hydrogen (secondary N) is 1. The Bertz CT molecular complexity index is 489. The zero-order valence-electron chi connectivity index (χ0n) is 9.29. The normalized spacial score (nSPS) is 10.2. The van der Waals surface area contributed by atoms with E-state index >= 15 is 0 Å². The molecule has 7 heteroatoms. The second kappa shape index (κ2) is 5.28. The average molecular weight is 232 g/mol. The molecule has 88 valence electrons. The van der Waals surface area contributed by atoms with E-state index in [4.69, 9.17) is 10.6 Å². The van der Waals surface area contributed by atoms with Crippen molar-refractivity contribution in [1.82, 2.24) is 19.9 Å². The van der Waals surface area contributed by atoms with Crippen LogP contribution in [0.15, 0.2) is 24.5 Å². The molecule has 0 aromatic carbocycles. The number of hydrazine groups is 1. The van der Waals surface area contributed by atoms with Gasteiger partial charge in [0.15, 0.2) is 11.6 Å². The van der Waals surface area contributed by atoms with Crippen LogP contribution in [0.4, 0.5) is 5.82 Å². The molecule has 0 amide bonds. The molecule has 7 nitrogen and oxygen atoms in total. The quantitative estimate of drug-likeness (QED) is 0.580.